The van der Waals surface area contributed by atoms with Crippen LogP contribution in [-0.2, 0) is 13.0 Å². The van der Waals surface area contributed by atoms with E-state index in [1.54, 1.807) is 0 Å². The third-order valence-electron chi connectivity index (χ3n) is 8.57. The number of rotatable bonds is 4. The van der Waals surface area contributed by atoms with Crippen molar-refractivity contribution in [1.82, 2.24) is 20.2 Å². The van der Waals surface area contributed by atoms with Crippen LogP contribution >= 0.6 is 0 Å². The van der Waals surface area contributed by atoms with E-state index in [4.69, 9.17) is 15.1 Å². The number of aryl methyl sites for hydroxylation is 3. The summed E-state index contributed by atoms with van der Waals surface area (Å²) in [5, 5.41) is 15.8. The van der Waals surface area contributed by atoms with E-state index in [1.807, 2.05) is 0 Å². The largest absolute Gasteiger partial charge is 0.400 e. The zero-order chi connectivity index (χ0) is 28.6. The summed E-state index contributed by atoms with van der Waals surface area (Å²) < 4.78 is 0. The summed E-state index contributed by atoms with van der Waals surface area (Å²) in [6.45, 7) is 17.3. The molecule has 6 rings (SSSR count). The van der Waals surface area contributed by atoms with Crippen LogP contribution in [0.2, 0.25) is 0 Å². The molecule has 2 aliphatic rings. The lowest BCUT2D eigenvalue weighted by atomic mass is 9.96. The summed E-state index contributed by atoms with van der Waals surface area (Å²) in [6, 6.07) is 11.2. The van der Waals surface area contributed by atoms with Crippen molar-refractivity contribution < 1.29 is 5.11 Å². The van der Waals surface area contributed by atoms with Crippen LogP contribution in [0.15, 0.2) is 30.3 Å². The number of benzene rings is 2. The van der Waals surface area contributed by atoms with Gasteiger partial charge in [0, 0.05) is 67.6 Å². The van der Waals surface area contributed by atoms with Gasteiger partial charge in [-0.2, -0.15) is 5.10 Å². The second-order valence-electron chi connectivity index (χ2n) is 11.9. The number of aliphatic hydroxyl groups is 1. The van der Waals surface area contributed by atoms with Crippen molar-refractivity contribution in [3.63, 3.8) is 0 Å². The van der Waals surface area contributed by atoms with E-state index in [0.717, 1.165) is 73.5 Å². The molecular formula is C33H44N6O. The Labute approximate surface area is 238 Å². The molecule has 1 fully saturated rings. The van der Waals surface area contributed by atoms with E-state index in [0.29, 0.717) is 11.8 Å². The maximum absolute atomic E-state index is 7.00. The molecule has 2 aliphatic heterocycles. The molecule has 2 aromatic carbocycles. The molecule has 0 saturated carbocycles. The summed E-state index contributed by atoms with van der Waals surface area (Å²) in [6.07, 6.45) is 3.42. The third kappa shape index (κ3) is 5.19. The Morgan fingerprint density at radius 2 is 1.75 bits per heavy atom. The van der Waals surface area contributed by atoms with Crippen molar-refractivity contribution in [1.29, 1.82) is 0 Å². The Morgan fingerprint density at radius 3 is 2.50 bits per heavy atom. The molecule has 1 unspecified atom stereocenters. The van der Waals surface area contributed by atoms with Gasteiger partial charge in [-0.15, -0.1) is 0 Å². The van der Waals surface area contributed by atoms with E-state index >= 15 is 0 Å². The van der Waals surface area contributed by atoms with Gasteiger partial charge in [0.2, 0.25) is 0 Å². The second-order valence-corrected chi connectivity index (χ2v) is 11.9. The highest BCUT2D eigenvalue weighted by molar-refractivity contribution is 5.96. The van der Waals surface area contributed by atoms with Crippen LogP contribution in [0.25, 0.3) is 22.3 Å². The Balaban J connectivity index is 0.00000158. The molecule has 2 aromatic heterocycles. The topological polar surface area (TPSA) is 81.2 Å². The van der Waals surface area contributed by atoms with E-state index in [9.17, 15) is 0 Å². The molecule has 1 atom stereocenters. The quantitative estimate of drug-likeness (QED) is 0.309. The van der Waals surface area contributed by atoms with E-state index in [1.165, 1.54) is 46.5 Å². The Morgan fingerprint density at radius 1 is 0.975 bits per heavy atom. The second kappa shape index (κ2) is 11.6. The van der Waals surface area contributed by atoms with Crippen LogP contribution in [0.4, 0.5) is 11.5 Å². The maximum Gasteiger partial charge on any atom is 0.162 e. The van der Waals surface area contributed by atoms with Crippen molar-refractivity contribution >= 4 is 22.4 Å². The van der Waals surface area contributed by atoms with Gasteiger partial charge in [0.1, 0.15) is 5.82 Å². The fraction of sp³-hybridized carbons (Fsp3) is 0.485. The Bertz CT molecular complexity index is 1510. The maximum atomic E-state index is 7.00. The molecule has 212 valence electrons. The number of anilines is 2. The summed E-state index contributed by atoms with van der Waals surface area (Å²) >= 11 is 0. The Hall–Kier alpha value is -3.45. The van der Waals surface area contributed by atoms with Gasteiger partial charge in [-0.1, -0.05) is 39.0 Å². The minimum atomic E-state index is 0.514. The fourth-order valence-electron chi connectivity index (χ4n) is 6.34. The van der Waals surface area contributed by atoms with E-state index < -0.39 is 0 Å². The molecular weight excluding hydrogens is 496 g/mol. The van der Waals surface area contributed by atoms with Gasteiger partial charge in [-0.05, 0) is 74.3 Å². The summed E-state index contributed by atoms with van der Waals surface area (Å²) in [4.78, 5) is 15.8. The minimum absolute atomic E-state index is 0.514. The zero-order valence-electron chi connectivity index (χ0n) is 25.2. The first-order chi connectivity index (χ1) is 19.3. The molecule has 40 heavy (non-hydrogen) atoms. The summed E-state index contributed by atoms with van der Waals surface area (Å²) in [7, 11) is 1.00. The average molecular weight is 541 g/mol. The van der Waals surface area contributed by atoms with Gasteiger partial charge in [-0.3, -0.25) is 5.10 Å². The first kappa shape index (κ1) is 28.1. The first-order valence-corrected chi connectivity index (χ1v) is 14.7. The van der Waals surface area contributed by atoms with Crippen LogP contribution in [0, 0.1) is 26.7 Å². The number of aromatic nitrogens is 4. The standard InChI is InChI=1S/C32H40N6.CH4O/c1-19(2)24-11-9-21(4)28(16-24)37-15-13-26-25(18-37)32(38-14-7-8-20(3)17-38)34-31(33-26)29-22(5)10-12-27-30(29)23(6)35-36-27;1-2/h9-12,16,19-20H,7-8,13-15,17-18H2,1-6H3,(H,35,36);2H,1H3. The molecule has 0 spiro atoms. The number of nitrogens with one attached hydrogen (secondary N) is 1. The predicted molar refractivity (Wildman–Crippen MR) is 165 cm³/mol. The lowest BCUT2D eigenvalue weighted by Gasteiger charge is -2.37. The highest BCUT2D eigenvalue weighted by Crippen LogP contribution is 2.38. The average Bonchev–Trinajstić information content (AvgIpc) is 3.33. The van der Waals surface area contributed by atoms with Crippen molar-refractivity contribution in [2.45, 2.75) is 73.3 Å². The summed E-state index contributed by atoms with van der Waals surface area (Å²) in [5.74, 6) is 3.16. The van der Waals surface area contributed by atoms with Gasteiger partial charge < -0.3 is 14.9 Å². The molecule has 4 heterocycles. The number of nitrogens with zero attached hydrogens (tertiary/aromatic N) is 5. The van der Waals surface area contributed by atoms with Crippen molar-refractivity contribution in [3.05, 3.63) is 64.0 Å². The third-order valence-corrected chi connectivity index (χ3v) is 8.57. The van der Waals surface area contributed by atoms with Gasteiger partial charge in [-0.25, -0.2) is 9.97 Å². The number of hydrogen-bond donors (Lipinski definition) is 2. The SMILES string of the molecule is CO.Cc1ccc(C(C)C)cc1N1CCc2nc(-c3c(C)ccc4n[nH]c(C)c34)nc(N3CCCC(C)C3)c2C1. The number of hydrogen-bond acceptors (Lipinski definition) is 6. The van der Waals surface area contributed by atoms with Crippen molar-refractivity contribution in [3.8, 4) is 11.4 Å². The number of aromatic amines is 1. The summed E-state index contributed by atoms with van der Waals surface area (Å²) in [5.41, 5.74) is 10.9. The molecule has 7 nitrogen and oxygen atoms in total. The molecule has 2 N–H and O–H groups in total. The van der Waals surface area contributed by atoms with Crippen LogP contribution in [0.1, 0.15) is 73.2 Å². The van der Waals surface area contributed by atoms with E-state index in [-0.39, 0.29) is 0 Å². The molecule has 0 amide bonds. The first-order valence-electron chi connectivity index (χ1n) is 14.7. The Kier molecular flexibility index (Phi) is 8.13. The molecule has 0 aliphatic carbocycles. The van der Waals surface area contributed by atoms with Gasteiger partial charge >= 0.3 is 0 Å². The highest BCUT2D eigenvalue weighted by atomic mass is 16.2. The van der Waals surface area contributed by atoms with Gasteiger partial charge in [0.25, 0.3) is 0 Å². The lowest BCUT2D eigenvalue weighted by Crippen LogP contribution is -2.38. The van der Waals surface area contributed by atoms with Crippen molar-refractivity contribution in [2.75, 3.05) is 36.5 Å². The molecule has 4 aromatic rings. The lowest BCUT2D eigenvalue weighted by molar-refractivity contribution is 0.399. The smallest absolute Gasteiger partial charge is 0.162 e. The fourth-order valence-corrected chi connectivity index (χ4v) is 6.34. The zero-order valence-corrected chi connectivity index (χ0v) is 25.2. The van der Waals surface area contributed by atoms with Crippen LogP contribution in [0.5, 0.6) is 0 Å². The molecule has 0 radical (unpaired) electrons. The number of H-pyrrole nitrogens is 1. The van der Waals surface area contributed by atoms with Crippen LogP contribution < -0.4 is 9.80 Å². The highest BCUT2D eigenvalue weighted by Gasteiger charge is 2.29. The predicted octanol–water partition coefficient (Wildman–Crippen LogP) is 6.48. The number of fused-ring (bicyclic) bond motifs is 2. The minimum Gasteiger partial charge on any atom is -0.400 e. The van der Waals surface area contributed by atoms with Crippen LogP contribution in [-0.4, -0.2) is 52.0 Å². The van der Waals surface area contributed by atoms with E-state index in [2.05, 4.69) is 91.9 Å². The van der Waals surface area contributed by atoms with Gasteiger partial charge in [0.15, 0.2) is 5.82 Å². The molecule has 1 saturated heterocycles. The number of piperidine rings is 1. The van der Waals surface area contributed by atoms with Gasteiger partial charge in [0.05, 0.1) is 11.2 Å². The molecule has 0 bridgehead atoms. The van der Waals surface area contributed by atoms with Crippen LogP contribution in [0.3, 0.4) is 0 Å². The molecule has 7 heteroatoms. The number of aliphatic hydroxyl groups excluding tert-OH is 1. The normalized spacial score (nSPS) is 17.2. The monoisotopic (exact) mass is 540 g/mol. The van der Waals surface area contributed by atoms with Crippen molar-refractivity contribution in [2.24, 2.45) is 5.92 Å².